The summed E-state index contributed by atoms with van der Waals surface area (Å²) in [7, 11) is -3.73. The Morgan fingerprint density at radius 2 is 1.94 bits per heavy atom. The Morgan fingerprint density at radius 1 is 1.33 bits per heavy atom. The molecule has 1 aromatic carbocycles. The van der Waals surface area contributed by atoms with E-state index in [-0.39, 0.29) is 12.2 Å². The maximum Gasteiger partial charge on any atom is 0.319 e. The van der Waals surface area contributed by atoms with E-state index in [2.05, 4.69) is 9.12 Å². The predicted molar refractivity (Wildman–Crippen MR) is 70.4 cm³/mol. The molecule has 18 heavy (non-hydrogen) atoms. The van der Waals surface area contributed by atoms with Crippen LogP contribution in [0.25, 0.3) is 0 Å². The monoisotopic (exact) mass is 272 g/mol. The molecule has 0 heterocycles. The van der Waals surface area contributed by atoms with Gasteiger partial charge in [-0.05, 0) is 32.4 Å². The van der Waals surface area contributed by atoms with Gasteiger partial charge >= 0.3 is 10.2 Å². The minimum atomic E-state index is -3.73. The molecule has 0 saturated carbocycles. The highest BCUT2D eigenvalue weighted by molar-refractivity contribution is 7.88. The van der Waals surface area contributed by atoms with Gasteiger partial charge in [0.2, 0.25) is 0 Å². The topological polar surface area (TPSA) is 58.5 Å². The molecular weight excluding hydrogens is 255 g/mol. The molecule has 100 valence electrons. The number of nitrogens with one attached hydrogen (secondary N) is 1. The molecule has 6 heteroatoms. The standard InChI is InChI=1S/C12H17FN2O2S/c1-12(2,3)15-18(16,17)14-9-8-10-6-4-5-7-11(10)13/h4-7,9,15H,8H2,1-3H3. The summed E-state index contributed by atoms with van der Waals surface area (Å²) in [5.74, 6) is -0.370. The molecule has 0 spiro atoms. The van der Waals surface area contributed by atoms with Gasteiger partial charge in [0.25, 0.3) is 0 Å². The minimum Gasteiger partial charge on any atom is -0.207 e. The van der Waals surface area contributed by atoms with Crippen molar-refractivity contribution in [2.24, 2.45) is 4.40 Å². The molecule has 0 bridgehead atoms. The van der Waals surface area contributed by atoms with Crippen molar-refractivity contribution in [1.29, 1.82) is 0 Å². The van der Waals surface area contributed by atoms with Crippen molar-refractivity contribution in [2.75, 3.05) is 0 Å². The zero-order chi connectivity index (χ0) is 13.8. The Hall–Kier alpha value is -1.27. The summed E-state index contributed by atoms with van der Waals surface area (Å²) < 4.78 is 42.1. The van der Waals surface area contributed by atoms with Crippen LogP contribution in [0.2, 0.25) is 0 Å². The van der Waals surface area contributed by atoms with Crippen LogP contribution in [0.5, 0.6) is 0 Å². The molecule has 0 aliphatic heterocycles. The minimum absolute atomic E-state index is 0.137. The van der Waals surface area contributed by atoms with Gasteiger partial charge in [-0.15, -0.1) is 0 Å². The molecule has 0 fully saturated rings. The number of nitrogens with zero attached hydrogens (tertiary/aromatic N) is 1. The third-order valence-corrected chi connectivity index (χ3v) is 3.21. The summed E-state index contributed by atoms with van der Waals surface area (Å²) in [6.07, 6.45) is 1.32. The second-order valence-electron chi connectivity index (χ2n) is 4.91. The van der Waals surface area contributed by atoms with Gasteiger partial charge in [-0.2, -0.15) is 17.5 Å². The van der Waals surface area contributed by atoms with Gasteiger partial charge in [-0.3, -0.25) is 0 Å². The number of hydrogen-bond acceptors (Lipinski definition) is 2. The SMILES string of the molecule is CC(C)(C)NS(=O)(=O)N=CCc1ccccc1F. The van der Waals surface area contributed by atoms with Crippen LogP contribution in [-0.4, -0.2) is 20.2 Å². The fraction of sp³-hybridized carbons (Fsp3) is 0.417. The first kappa shape index (κ1) is 14.8. The van der Waals surface area contributed by atoms with E-state index >= 15 is 0 Å². The van der Waals surface area contributed by atoms with Crippen molar-refractivity contribution >= 4 is 16.4 Å². The Morgan fingerprint density at radius 3 is 2.50 bits per heavy atom. The highest BCUT2D eigenvalue weighted by Gasteiger charge is 2.17. The molecule has 0 aliphatic carbocycles. The lowest BCUT2D eigenvalue weighted by Crippen LogP contribution is -2.39. The van der Waals surface area contributed by atoms with Crippen LogP contribution in [0.1, 0.15) is 26.3 Å². The number of halogens is 1. The predicted octanol–water partition coefficient (Wildman–Crippen LogP) is 2.07. The van der Waals surface area contributed by atoms with Crippen molar-refractivity contribution in [3.05, 3.63) is 35.6 Å². The number of rotatable bonds is 4. The first-order valence-electron chi connectivity index (χ1n) is 5.51. The molecule has 1 N–H and O–H groups in total. The maximum absolute atomic E-state index is 13.3. The zero-order valence-corrected chi connectivity index (χ0v) is 11.5. The normalized spacial score (nSPS) is 13.1. The summed E-state index contributed by atoms with van der Waals surface area (Å²) in [5.41, 5.74) is -0.180. The third kappa shape index (κ3) is 5.37. The molecule has 0 atom stereocenters. The van der Waals surface area contributed by atoms with Gasteiger partial charge in [0, 0.05) is 18.2 Å². The van der Waals surface area contributed by atoms with Gasteiger partial charge in [-0.25, -0.2) is 4.39 Å². The fourth-order valence-corrected chi connectivity index (χ4v) is 2.41. The van der Waals surface area contributed by atoms with Crippen LogP contribution in [0, 0.1) is 5.82 Å². The molecule has 0 saturated heterocycles. The maximum atomic E-state index is 13.3. The second-order valence-corrected chi connectivity index (χ2v) is 6.28. The molecule has 1 aromatic rings. The Bertz CT molecular complexity index is 533. The molecule has 0 unspecified atom stereocenters. The largest absolute Gasteiger partial charge is 0.319 e. The van der Waals surface area contributed by atoms with E-state index in [1.807, 2.05) is 0 Å². The molecule has 0 aromatic heterocycles. The van der Waals surface area contributed by atoms with Crippen molar-refractivity contribution in [1.82, 2.24) is 4.72 Å². The van der Waals surface area contributed by atoms with Gasteiger partial charge in [-0.1, -0.05) is 18.2 Å². The third-order valence-electron chi connectivity index (χ3n) is 1.92. The van der Waals surface area contributed by atoms with Crippen molar-refractivity contribution in [3.8, 4) is 0 Å². The van der Waals surface area contributed by atoms with Crippen LogP contribution in [0.3, 0.4) is 0 Å². The van der Waals surface area contributed by atoms with Crippen LogP contribution in [-0.2, 0) is 16.6 Å². The lowest BCUT2D eigenvalue weighted by Gasteiger charge is -2.17. The summed E-state index contributed by atoms with van der Waals surface area (Å²) in [4.78, 5) is 0. The molecule has 0 amide bonds. The zero-order valence-electron chi connectivity index (χ0n) is 10.6. The summed E-state index contributed by atoms with van der Waals surface area (Å²) >= 11 is 0. The number of benzene rings is 1. The highest BCUT2D eigenvalue weighted by Crippen LogP contribution is 2.06. The van der Waals surface area contributed by atoms with Gasteiger partial charge in [0.1, 0.15) is 5.82 Å². The molecule has 4 nitrogen and oxygen atoms in total. The highest BCUT2D eigenvalue weighted by atomic mass is 32.2. The molecule has 1 rings (SSSR count). The Balaban J connectivity index is 2.69. The van der Waals surface area contributed by atoms with Crippen LogP contribution >= 0.6 is 0 Å². The first-order valence-corrected chi connectivity index (χ1v) is 6.95. The summed E-state index contributed by atoms with van der Waals surface area (Å²) in [6.45, 7) is 5.16. The lowest BCUT2D eigenvalue weighted by atomic mass is 10.1. The van der Waals surface area contributed by atoms with Crippen molar-refractivity contribution < 1.29 is 12.8 Å². The lowest BCUT2D eigenvalue weighted by molar-refractivity contribution is 0.492. The summed E-state index contributed by atoms with van der Waals surface area (Å²) in [6, 6.07) is 6.18. The van der Waals surface area contributed by atoms with Gasteiger partial charge in [0.15, 0.2) is 0 Å². The first-order chi connectivity index (χ1) is 8.20. The Labute approximate surface area is 107 Å². The fourth-order valence-electron chi connectivity index (χ4n) is 1.31. The average molecular weight is 272 g/mol. The molecule has 0 aliphatic rings. The van der Waals surface area contributed by atoms with Crippen LogP contribution in [0.15, 0.2) is 28.7 Å². The van der Waals surface area contributed by atoms with Crippen LogP contribution < -0.4 is 4.72 Å². The second kappa shape index (κ2) is 5.58. The van der Waals surface area contributed by atoms with E-state index in [4.69, 9.17) is 0 Å². The molecule has 0 radical (unpaired) electrons. The van der Waals surface area contributed by atoms with E-state index in [1.165, 1.54) is 12.3 Å². The van der Waals surface area contributed by atoms with E-state index in [1.54, 1.807) is 39.0 Å². The van der Waals surface area contributed by atoms with E-state index < -0.39 is 15.7 Å². The summed E-state index contributed by atoms with van der Waals surface area (Å²) in [5, 5.41) is 0. The van der Waals surface area contributed by atoms with E-state index in [0.29, 0.717) is 5.56 Å². The van der Waals surface area contributed by atoms with Crippen LogP contribution in [0.4, 0.5) is 4.39 Å². The Kier molecular flexibility index (Phi) is 4.59. The smallest absolute Gasteiger partial charge is 0.207 e. The van der Waals surface area contributed by atoms with Gasteiger partial charge < -0.3 is 0 Å². The quantitative estimate of drug-likeness (QED) is 0.853. The number of hydrogen-bond donors (Lipinski definition) is 1. The van der Waals surface area contributed by atoms with Crippen molar-refractivity contribution in [3.63, 3.8) is 0 Å². The molecular formula is C12H17FN2O2S. The average Bonchev–Trinajstić information content (AvgIpc) is 2.17. The van der Waals surface area contributed by atoms with Crippen molar-refractivity contribution in [2.45, 2.75) is 32.7 Å². The van der Waals surface area contributed by atoms with Gasteiger partial charge in [0.05, 0.1) is 0 Å². The van der Waals surface area contributed by atoms with E-state index in [9.17, 15) is 12.8 Å². The van der Waals surface area contributed by atoms with E-state index in [0.717, 1.165) is 0 Å².